The van der Waals surface area contributed by atoms with E-state index in [0.717, 1.165) is 0 Å². The molecular weight excluding hydrogens is 579 g/mol. The molecule has 1 aromatic heterocycles. The molecule has 0 radical (unpaired) electrons. The molecule has 0 aliphatic rings. The monoisotopic (exact) mass is 609 g/mol. The van der Waals surface area contributed by atoms with Crippen LogP contribution in [0.4, 0.5) is 0 Å². The topological polar surface area (TPSA) is 4.93 Å². The van der Waals surface area contributed by atoms with Crippen molar-refractivity contribution in [2.75, 3.05) is 0 Å². The molecule has 9 aromatic carbocycles. The van der Waals surface area contributed by atoms with E-state index in [4.69, 9.17) is 0 Å². The van der Waals surface area contributed by atoms with Gasteiger partial charge in [0, 0.05) is 27.2 Å². The molecule has 0 fully saturated rings. The van der Waals surface area contributed by atoms with Gasteiger partial charge >= 0.3 is 0 Å². The number of fused-ring (bicyclic) bond motifs is 9. The van der Waals surface area contributed by atoms with Crippen LogP contribution < -0.4 is 0 Å². The predicted molar refractivity (Wildman–Crippen MR) is 206 cm³/mol. The van der Waals surface area contributed by atoms with Gasteiger partial charge in [-0.15, -0.1) is 0 Å². The van der Waals surface area contributed by atoms with Gasteiger partial charge in [0.2, 0.25) is 0 Å². The van der Waals surface area contributed by atoms with E-state index in [1.807, 2.05) is 0 Å². The molecule has 10 aromatic rings. The molecule has 0 unspecified atom stereocenters. The van der Waals surface area contributed by atoms with Gasteiger partial charge in [0.15, 0.2) is 0 Å². The highest BCUT2D eigenvalue weighted by Gasteiger charge is 2.20. The van der Waals surface area contributed by atoms with Crippen molar-refractivity contribution >= 4 is 64.9 Å². The minimum absolute atomic E-state index is 1.17. The summed E-state index contributed by atoms with van der Waals surface area (Å²) in [6.45, 7) is 2.23. The lowest BCUT2D eigenvalue weighted by atomic mass is 9.86. The fourth-order valence-electron chi connectivity index (χ4n) is 8.20. The van der Waals surface area contributed by atoms with E-state index in [0.29, 0.717) is 0 Å². The Morgan fingerprint density at radius 2 is 0.792 bits per heavy atom. The molecule has 1 nitrogen and oxygen atoms in total. The maximum absolute atomic E-state index is 2.51. The fraction of sp³-hybridized carbons (Fsp3) is 0.0213. The Balaban J connectivity index is 1.27. The van der Waals surface area contributed by atoms with Gasteiger partial charge in [-0.2, -0.15) is 0 Å². The first-order chi connectivity index (χ1) is 23.8. The molecule has 0 aliphatic heterocycles. The minimum Gasteiger partial charge on any atom is -0.308 e. The van der Waals surface area contributed by atoms with Crippen LogP contribution in [-0.2, 0) is 0 Å². The molecule has 1 heterocycles. The summed E-state index contributed by atoms with van der Waals surface area (Å²) < 4.78 is 2.51. The first-order valence-electron chi connectivity index (χ1n) is 16.7. The number of nitrogens with zero attached hydrogens (tertiary/aromatic N) is 1. The Labute approximate surface area is 278 Å². The number of aromatic nitrogens is 1. The Bertz CT molecular complexity index is 2820. The average molecular weight is 610 g/mol. The third-order valence-electron chi connectivity index (χ3n) is 10.3. The largest absolute Gasteiger partial charge is 0.308 e. The maximum Gasteiger partial charge on any atom is 0.0619 e. The summed E-state index contributed by atoms with van der Waals surface area (Å²) in [5.41, 5.74) is 10.0. The van der Waals surface area contributed by atoms with Gasteiger partial charge in [-0.25, -0.2) is 0 Å². The summed E-state index contributed by atoms with van der Waals surface area (Å²) in [4.78, 5) is 0. The van der Waals surface area contributed by atoms with E-state index in [-0.39, 0.29) is 0 Å². The fourth-order valence-corrected chi connectivity index (χ4v) is 8.20. The summed E-state index contributed by atoms with van der Waals surface area (Å²) in [5.74, 6) is 0. The van der Waals surface area contributed by atoms with E-state index < -0.39 is 0 Å². The van der Waals surface area contributed by atoms with Gasteiger partial charge < -0.3 is 4.57 Å². The van der Waals surface area contributed by atoms with E-state index >= 15 is 0 Å². The van der Waals surface area contributed by atoms with Crippen molar-refractivity contribution in [1.29, 1.82) is 0 Å². The lowest BCUT2D eigenvalue weighted by molar-refractivity contribution is 1.19. The smallest absolute Gasteiger partial charge is 0.0619 e. The zero-order valence-corrected chi connectivity index (χ0v) is 26.6. The van der Waals surface area contributed by atoms with Crippen LogP contribution in [0.5, 0.6) is 0 Å². The number of hydrogen-bond acceptors (Lipinski definition) is 0. The number of aryl methyl sites for hydroxylation is 1. The highest BCUT2D eigenvalue weighted by Crippen LogP contribution is 2.45. The van der Waals surface area contributed by atoms with E-state index in [1.54, 1.807) is 0 Å². The van der Waals surface area contributed by atoms with Crippen LogP contribution >= 0.6 is 0 Å². The first-order valence-corrected chi connectivity index (χ1v) is 16.7. The van der Waals surface area contributed by atoms with Crippen LogP contribution in [0, 0.1) is 6.92 Å². The average Bonchev–Trinajstić information content (AvgIpc) is 3.49. The third kappa shape index (κ3) is 3.85. The molecule has 0 atom stereocenters. The Morgan fingerprint density at radius 3 is 1.42 bits per heavy atom. The Kier molecular flexibility index (Phi) is 5.86. The molecule has 0 saturated heterocycles. The molecule has 0 spiro atoms. The quantitative estimate of drug-likeness (QED) is 0.176. The molecule has 1 heteroatoms. The highest BCUT2D eigenvalue weighted by molar-refractivity contribution is 6.25. The van der Waals surface area contributed by atoms with Crippen molar-refractivity contribution in [3.05, 3.63) is 175 Å². The molecular formula is C47H31N. The van der Waals surface area contributed by atoms with Crippen molar-refractivity contribution in [1.82, 2.24) is 4.57 Å². The van der Waals surface area contributed by atoms with Gasteiger partial charge in [-0.1, -0.05) is 152 Å². The maximum atomic E-state index is 2.51. The molecule has 0 aliphatic carbocycles. The van der Waals surface area contributed by atoms with Gasteiger partial charge in [0.25, 0.3) is 0 Å². The SMILES string of the molecule is Cc1cc2c3ccc4ccccc4c3n(-c3ccc(-c4c5ccccc5c(-c5ccccc5)c5ccccc45)cc3)c2c2ccccc12. The number of benzene rings is 9. The van der Waals surface area contributed by atoms with Crippen molar-refractivity contribution in [3.63, 3.8) is 0 Å². The summed E-state index contributed by atoms with van der Waals surface area (Å²) in [5, 5.41) is 12.8. The zero-order chi connectivity index (χ0) is 31.8. The van der Waals surface area contributed by atoms with Crippen LogP contribution in [0.15, 0.2) is 170 Å². The minimum atomic E-state index is 1.17. The number of rotatable bonds is 3. The highest BCUT2D eigenvalue weighted by atomic mass is 15.0. The van der Waals surface area contributed by atoms with Gasteiger partial charge in [-0.3, -0.25) is 0 Å². The first kappa shape index (κ1) is 27.0. The second-order valence-electron chi connectivity index (χ2n) is 12.9. The van der Waals surface area contributed by atoms with Gasteiger partial charge in [-0.05, 0) is 85.3 Å². The second-order valence-corrected chi connectivity index (χ2v) is 12.9. The molecule has 0 amide bonds. The summed E-state index contributed by atoms with van der Waals surface area (Å²) in [6.07, 6.45) is 0. The number of hydrogen-bond donors (Lipinski definition) is 0. The van der Waals surface area contributed by atoms with E-state index in [9.17, 15) is 0 Å². The van der Waals surface area contributed by atoms with Gasteiger partial charge in [0.1, 0.15) is 0 Å². The molecule has 224 valence electrons. The molecule has 0 saturated carbocycles. The van der Waals surface area contributed by atoms with Crippen LogP contribution in [0.25, 0.3) is 92.8 Å². The molecule has 10 rings (SSSR count). The Hall–Kier alpha value is -6.18. The van der Waals surface area contributed by atoms with Crippen molar-refractivity contribution in [2.24, 2.45) is 0 Å². The molecule has 0 N–H and O–H groups in total. The zero-order valence-electron chi connectivity index (χ0n) is 26.6. The third-order valence-corrected chi connectivity index (χ3v) is 10.3. The predicted octanol–water partition coefficient (Wildman–Crippen LogP) is 13.0. The normalized spacial score (nSPS) is 11.9. The summed E-state index contributed by atoms with van der Waals surface area (Å²) in [6, 6.07) is 62.5. The van der Waals surface area contributed by atoms with Crippen LogP contribution in [0.3, 0.4) is 0 Å². The standard InChI is InChI=1S/C47H31N/c1-30-29-43-42-28-25-31-13-5-6-17-36(31)46(42)48(47(43)41-22-12-7-16-35(30)41)34-26-23-33(24-27-34)45-39-20-10-8-18-37(39)44(32-14-3-2-4-15-32)38-19-9-11-21-40(38)45/h2-29H,1H3. The van der Waals surface area contributed by atoms with Crippen molar-refractivity contribution < 1.29 is 0 Å². The lowest BCUT2D eigenvalue weighted by Gasteiger charge is -2.18. The molecule has 0 bridgehead atoms. The van der Waals surface area contributed by atoms with Crippen molar-refractivity contribution in [2.45, 2.75) is 6.92 Å². The van der Waals surface area contributed by atoms with Crippen LogP contribution in [0.1, 0.15) is 5.56 Å². The van der Waals surface area contributed by atoms with E-state index in [2.05, 4.69) is 181 Å². The molecule has 48 heavy (non-hydrogen) atoms. The summed E-state index contributed by atoms with van der Waals surface area (Å²) >= 11 is 0. The van der Waals surface area contributed by atoms with Crippen LogP contribution in [0.2, 0.25) is 0 Å². The summed E-state index contributed by atoms with van der Waals surface area (Å²) in [7, 11) is 0. The lowest BCUT2D eigenvalue weighted by Crippen LogP contribution is -1.96. The van der Waals surface area contributed by atoms with Crippen LogP contribution in [-0.4, -0.2) is 4.57 Å². The van der Waals surface area contributed by atoms with Crippen molar-refractivity contribution in [3.8, 4) is 27.9 Å². The van der Waals surface area contributed by atoms with Gasteiger partial charge in [0.05, 0.1) is 11.0 Å². The second kappa shape index (κ2) is 10.4. The van der Waals surface area contributed by atoms with E-state index in [1.165, 1.54) is 98.4 Å². The Morgan fingerprint density at radius 1 is 0.333 bits per heavy atom.